The highest BCUT2D eigenvalue weighted by Gasteiger charge is 2.19. The minimum absolute atomic E-state index is 0.133. The van der Waals surface area contributed by atoms with E-state index in [1.165, 1.54) is 25.8 Å². The predicted molar refractivity (Wildman–Crippen MR) is 79.0 cm³/mol. The van der Waals surface area contributed by atoms with Crippen molar-refractivity contribution in [2.24, 2.45) is 0 Å². The SMILES string of the molecule is CC1CCCCN1Cc1ccc(CNC(C)(C)C)o1. The third-order valence-corrected chi connectivity index (χ3v) is 3.81. The first-order chi connectivity index (χ1) is 8.94. The fourth-order valence-corrected chi connectivity index (χ4v) is 2.55. The smallest absolute Gasteiger partial charge is 0.118 e. The van der Waals surface area contributed by atoms with E-state index in [0.29, 0.717) is 6.04 Å². The van der Waals surface area contributed by atoms with Gasteiger partial charge in [0.05, 0.1) is 13.1 Å². The van der Waals surface area contributed by atoms with Crippen LogP contribution in [0.2, 0.25) is 0 Å². The lowest BCUT2D eigenvalue weighted by atomic mass is 10.0. The van der Waals surface area contributed by atoms with Crippen LogP contribution in [-0.2, 0) is 13.1 Å². The fourth-order valence-electron chi connectivity index (χ4n) is 2.55. The van der Waals surface area contributed by atoms with Gasteiger partial charge in [0.2, 0.25) is 0 Å². The van der Waals surface area contributed by atoms with Crippen molar-refractivity contribution in [2.75, 3.05) is 6.54 Å². The van der Waals surface area contributed by atoms with E-state index in [9.17, 15) is 0 Å². The first kappa shape index (κ1) is 14.6. The van der Waals surface area contributed by atoms with E-state index in [1.54, 1.807) is 0 Å². The van der Waals surface area contributed by atoms with Crippen LogP contribution in [0.5, 0.6) is 0 Å². The number of hydrogen-bond acceptors (Lipinski definition) is 3. The highest BCUT2D eigenvalue weighted by Crippen LogP contribution is 2.20. The van der Waals surface area contributed by atoms with Crippen LogP contribution in [0.4, 0.5) is 0 Å². The van der Waals surface area contributed by atoms with Crippen molar-refractivity contribution in [2.45, 2.75) is 71.6 Å². The van der Waals surface area contributed by atoms with Gasteiger partial charge in [0.25, 0.3) is 0 Å². The number of nitrogens with one attached hydrogen (secondary N) is 1. The molecule has 0 radical (unpaired) electrons. The van der Waals surface area contributed by atoms with Crippen LogP contribution in [0.3, 0.4) is 0 Å². The zero-order valence-electron chi connectivity index (χ0n) is 12.8. The summed E-state index contributed by atoms with van der Waals surface area (Å²) >= 11 is 0. The Bertz CT molecular complexity index is 392. The normalized spacial score (nSPS) is 21.8. The van der Waals surface area contributed by atoms with Crippen molar-refractivity contribution >= 4 is 0 Å². The second-order valence-corrected chi connectivity index (χ2v) is 6.79. The number of hydrogen-bond donors (Lipinski definition) is 1. The molecule has 2 rings (SSSR count). The second-order valence-electron chi connectivity index (χ2n) is 6.79. The van der Waals surface area contributed by atoms with Crippen molar-refractivity contribution in [3.05, 3.63) is 23.7 Å². The van der Waals surface area contributed by atoms with Crippen LogP contribution in [0, 0.1) is 0 Å². The van der Waals surface area contributed by atoms with Gasteiger partial charge >= 0.3 is 0 Å². The monoisotopic (exact) mass is 264 g/mol. The molecule has 108 valence electrons. The Morgan fingerprint density at radius 1 is 1.26 bits per heavy atom. The topological polar surface area (TPSA) is 28.4 Å². The summed E-state index contributed by atoms with van der Waals surface area (Å²) in [5.41, 5.74) is 0.133. The molecule has 0 aliphatic carbocycles. The first-order valence-corrected chi connectivity index (χ1v) is 7.51. The van der Waals surface area contributed by atoms with Crippen LogP contribution in [-0.4, -0.2) is 23.0 Å². The van der Waals surface area contributed by atoms with Crippen molar-refractivity contribution < 1.29 is 4.42 Å². The highest BCUT2D eigenvalue weighted by molar-refractivity contribution is 5.07. The molecule has 2 heterocycles. The summed E-state index contributed by atoms with van der Waals surface area (Å²) in [6.07, 6.45) is 4.01. The molecule has 0 amide bonds. The fraction of sp³-hybridized carbons (Fsp3) is 0.750. The standard InChI is InChI=1S/C16H28N2O/c1-13-7-5-6-10-18(13)12-15-9-8-14(19-15)11-17-16(2,3)4/h8-9,13,17H,5-7,10-12H2,1-4H3. The van der Waals surface area contributed by atoms with E-state index < -0.39 is 0 Å². The van der Waals surface area contributed by atoms with Gasteiger partial charge in [-0.2, -0.15) is 0 Å². The third kappa shape index (κ3) is 4.66. The molecule has 19 heavy (non-hydrogen) atoms. The molecule has 1 aliphatic rings. The molecule has 3 nitrogen and oxygen atoms in total. The maximum Gasteiger partial charge on any atom is 0.118 e. The Kier molecular flexibility index (Phi) is 4.69. The van der Waals surface area contributed by atoms with Crippen molar-refractivity contribution in [3.63, 3.8) is 0 Å². The molecule has 1 atom stereocenters. The van der Waals surface area contributed by atoms with Crippen LogP contribution in [0.25, 0.3) is 0 Å². The molecule has 0 saturated carbocycles. The van der Waals surface area contributed by atoms with Gasteiger partial charge in [-0.15, -0.1) is 0 Å². The summed E-state index contributed by atoms with van der Waals surface area (Å²) in [5.74, 6) is 2.13. The average molecular weight is 264 g/mol. The van der Waals surface area contributed by atoms with Crippen LogP contribution in [0.1, 0.15) is 58.5 Å². The van der Waals surface area contributed by atoms with E-state index in [-0.39, 0.29) is 5.54 Å². The van der Waals surface area contributed by atoms with Gasteiger partial charge in [-0.05, 0) is 59.2 Å². The second kappa shape index (κ2) is 6.10. The van der Waals surface area contributed by atoms with Crippen molar-refractivity contribution in [3.8, 4) is 0 Å². The molecule has 1 fully saturated rings. The number of furan rings is 1. The molecule has 0 bridgehead atoms. The molecule has 1 aromatic rings. The molecule has 1 unspecified atom stereocenters. The number of likely N-dealkylation sites (tertiary alicyclic amines) is 1. The van der Waals surface area contributed by atoms with Gasteiger partial charge in [-0.3, -0.25) is 4.90 Å². The van der Waals surface area contributed by atoms with Crippen LogP contribution < -0.4 is 5.32 Å². The Balaban J connectivity index is 1.86. The Hall–Kier alpha value is -0.800. The molecule has 0 aromatic carbocycles. The molecule has 1 aliphatic heterocycles. The Labute approximate surface area is 117 Å². The quantitative estimate of drug-likeness (QED) is 0.901. The molecule has 3 heteroatoms. The lowest BCUT2D eigenvalue weighted by Gasteiger charge is -2.32. The molecular weight excluding hydrogens is 236 g/mol. The summed E-state index contributed by atoms with van der Waals surface area (Å²) in [6.45, 7) is 11.8. The minimum Gasteiger partial charge on any atom is -0.463 e. The predicted octanol–water partition coefficient (Wildman–Crippen LogP) is 3.54. The van der Waals surface area contributed by atoms with Gasteiger partial charge in [0, 0.05) is 11.6 Å². The Morgan fingerprint density at radius 2 is 2.00 bits per heavy atom. The lowest BCUT2D eigenvalue weighted by Crippen LogP contribution is -2.36. The average Bonchev–Trinajstić information content (AvgIpc) is 2.77. The lowest BCUT2D eigenvalue weighted by molar-refractivity contribution is 0.141. The van der Waals surface area contributed by atoms with E-state index in [4.69, 9.17) is 4.42 Å². The first-order valence-electron chi connectivity index (χ1n) is 7.51. The van der Waals surface area contributed by atoms with Gasteiger partial charge in [-0.1, -0.05) is 6.42 Å². The van der Waals surface area contributed by atoms with Crippen LogP contribution in [0.15, 0.2) is 16.5 Å². The van der Waals surface area contributed by atoms with E-state index >= 15 is 0 Å². The van der Waals surface area contributed by atoms with Crippen LogP contribution >= 0.6 is 0 Å². The zero-order chi connectivity index (χ0) is 13.9. The number of rotatable bonds is 4. The van der Waals surface area contributed by atoms with Crippen molar-refractivity contribution in [1.82, 2.24) is 10.2 Å². The summed E-state index contributed by atoms with van der Waals surface area (Å²) in [4.78, 5) is 2.53. The molecule has 1 aromatic heterocycles. The molecule has 1 N–H and O–H groups in total. The summed E-state index contributed by atoms with van der Waals surface area (Å²) < 4.78 is 5.93. The third-order valence-electron chi connectivity index (χ3n) is 3.81. The van der Waals surface area contributed by atoms with E-state index in [1.807, 2.05) is 0 Å². The summed E-state index contributed by atoms with van der Waals surface area (Å²) in [7, 11) is 0. The van der Waals surface area contributed by atoms with E-state index in [2.05, 4.69) is 50.0 Å². The van der Waals surface area contributed by atoms with Gasteiger partial charge < -0.3 is 9.73 Å². The number of nitrogens with zero attached hydrogens (tertiary/aromatic N) is 1. The zero-order valence-corrected chi connectivity index (χ0v) is 12.8. The van der Waals surface area contributed by atoms with Gasteiger partial charge in [0.15, 0.2) is 0 Å². The largest absolute Gasteiger partial charge is 0.463 e. The highest BCUT2D eigenvalue weighted by atomic mass is 16.3. The molecule has 0 spiro atoms. The summed E-state index contributed by atoms with van der Waals surface area (Å²) in [5, 5.41) is 3.46. The maximum atomic E-state index is 5.93. The molecule has 1 saturated heterocycles. The number of piperidine rings is 1. The van der Waals surface area contributed by atoms with E-state index in [0.717, 1.165) is 24.6 Å². The summed E-state index contributed by atoms with van der Waals surface area (Å²) in [6, 6.07) is 4.92. The maximum absolute atomic E-state index is 5.93. The minimum atomic E-state index is 0.133. The molecular formula is C16H28N2O. The van der Waals surface area contributed by atoms with Crippen molar-refractivity contribution in [1.29, 1.82) is 0 Å². The Morgan fingerprint density at radius 3 is 2.68 bits per heavy atom. The van der Waals surface area contributed by atoms with Gasteiger partial charge in [0.1, 0.15) is 11.5 Å². The van der Waals surface area contributed by atoms with Gasteiger partial charge in [-0.25, -0.2) is 0 Å².